The fraction of sp³-hybridized carbons (Fsp3) is 0.588. The molecule has 24 heavy (non-hydrogen) atoms. The first-order valence-corrected chi connectivity index (χ1v) is 9.39. The number of piperidine rings is 1. The molecule has 0 amide bonds. The van der Waals surface area contributed by atoms with Gasteiger partial charge in [0.15, 0.2) is 0 Å². The number of rotatable bonds is 3. The van der Waals surface area contributed by atoms with Crippen molar-refractivity contribution in [3.8, 4) is 0 Å². The van der Waals surface area contributed by atoms with Gasteiger partial charge in [0.05, 0.1) is 23.9 Å². The molecular weight excluding hydrogens is 322 g/mol. The SMILES string of the molecule is Cc1nc(CN2CCOCC23CCN(c2ncccn2)CC3)cs1. The van der Waals surface area contributed by atoms with E-state index in [4.69, 9.17) is 4.74 Å². The van der Waals surface area contributed by atoms with E-state index in [-0.39, 0.29) is 5.54 Å². The Morgan fingerprint density at radius 3 is 2.71 bits per heavy atom. The lowest BCUT2D eigenvalue weighted by Gasteiger charge is -2.51. The monoisotopic (exact) mass is 345 g/mol. The predicted molar refractivity (Wildman–Crippen MR) is 94.3 cm³/mol. The van der Waals surface area contributed by atoms with Crippen LogP contribution in [0.3, 0.4) is 0 Å². The number of anilines is 1. The Morgan fingerprint density at radius 2 is 2.00 bits per heavy atom. The number of nitrogens with zero attached hydrogens (tertiary/aromatic N) is 5. The topological polar surface area (TPSA) is 54.4 Å². The summed E-state index contributed by atoms with van der Waals surface area (Å²) in [6.07, 6.45) is 5.78. The first-order chi connectivity index (χ1) is 11.8. The van der Waals surface area contributed by atoms with Gasteiger partial charge in [-0.2, -0.15) is 0 Å². The fourth-order valence-corrected chi connectivity index (χ4v) is 4.33. The largest absolute Gasteiger partial charge is 0.378 e. The quantitative estimate of drug-likeness (QED) is 0.849. The normalized spacial score (nSPS) is 21.3. The van der Waals surface area contributed by atoms with Crippen molar-refractivity contribution in [1.29, 1.82) is 0 Å². The molecule has 1 spiro atoms. The van der Waals surface area contributed by atoms with E-state index in [1.165, 1.54) is 5.69 Å². The van der Waals surface area contributed by atoms with Gasteiger partial charge in [-0.1, -0.05) is 0 Å². The van der Waals surface area contributed by atoms with Crippen LogP contribution in [0, 0.1) is 6.92 Å². The average Bonchev–Trinajstić information content (AvgIpc) is 3.04. The van der Waals surface area contributed by atoms with Gasteiger partial charge in [0, 0.05) is 49.5 Å². The van der Waals surface area contributed by atoms with Crippen LogP contribution in [0.15, 0.2) is 23.8 Å². The molecule has 2 aliphatic rings. The molecule has 4 rings (SSSR count). The Labute approximate surface area is 146 Å². The van der Waals surface area contributed by atoms with Gasteiger partial charge >= 0.3 is 0 Å². The second-order valence-corrected chi connectivity index (χ2v) is 7.65. The highest BCUT2D eigenvalue weighted by molar-refractivity contribution is 7.09. The van der Waals surface area contributed by atoms with Crippen molar-refractivity contribution >= 4 is 17.3 Å². The molecule has 2 fully saturated rings. The zero-order chi connectivity index (χ0) is 16.4. The summed E-state index contributed by atoms with van der Waals surface area (Å²) in [4.78, 5) is 18.3. The number of aryl methyl sites for hydroxylation is 1. The van der Waals surface area contributed by atoms with Crippen LogP contribution >= 0.6 is 11.3 Å². The summed E-state index contributed by atoms with van der Waals surface area (Å²) in [6.45, 7) is 7.56. The third-order valence-corrected chi connectivity index (χ3v) is 5.92. The van der Waals surface area contributed by atoms with Gasteiger partial charge in [-0.25, -0.2) is 15.0 Å². The van der Waals surface area contributed by atoms with E-state index in [9.17, 15) is 0 Å². The van der Waals surface area contributed by atoms with Gasteiger partial charge in [-0.05, 0) is 25.8 Å². The molecule has 0 radical (unpaired) electrons. The van der Waals surface area contributed by atoms with Crippen molar-refractivity contribution in [2.45, 2.75) is 31.8 Å². The molecule has 4 heterocycles. The molecule has 0 aromatic carbocycles. The summed E-state index contributed by atoms with van der Waals surface area (Å²) < 4.78 is 5.87. The van der Waals surface area contributed by atoms with Crippen molar-refractivity contribution in [3.63, 3.8) is 0 Å². The molecule has 0 unspecified atom stereocenters. The zero-order valence-electron chi connectivity index (χ0n) is 14.0. The van der Waals surface area contributed by atoms with Crippen LogP contribution in [0.25, 0.3) is 0 Å². The second kappa shape index (κ2) is 6.74. The molecule has 0 N–H and O–H groups in total. The number of aromatic nitrogens is 3. The van der Waals surface area contributed by atoms with Crippen LogP contribution in [0.5, 0.6) is 0 Å². The van der Waals surface area contributed by atoms with E-state index in [1.807, 2.05) is 18.5 Å². The molecule has 2 saturated heterocycles. The van der Waals surface area contributed by atoms with E-state index in [0.29, 0.717) is 0 Å². The van der Waals surface area contributed by atoms with E-state index < -0.39 is 0 Å². The van der Waals surface area contributed by atoms with Crippen LogP contribution in [-0.2, 0) is 11.3 Å². The van der Waals surface area contributed by atoms with Gasteiger partial charge in [0.2, 0.25) is 5.95 Å². The highest BCUT2D eigenvalue weighted by Crippen LogP contribution is 2.34. The van der Waals surface area contributed by atoms with E-state index >= 15 is 0 Å². The van der Waals surface area contributed by atoms with Gasteiger partial charge in [-0.15, -0.1) is 11.3 Å². The molecule has 7 heteroatoms. The van der Waals surface area contributed by atoms with Crippen molar-refractivity contribution in [2.24, 2.45) is 0 Å². The standard InChI is InChI=1S/C17H23N5OS/c1-14-20-15(12-24-14)11-22-9-10-23-13-17(22)3-7-21(8-4-17)16-18-5-2-6-19-16/h2,5-6,12H,3-4,7-11,13H2,1H3. The number of ether oxygens (including phenoxy) is 1. The maximum Gasteiger partial charge on any atom is 0.225 e. The lowest BCUT2D eigenvalue weighted by atomic mass is 9.85. The lowest BCUT2D eigenvalue weighted by molar-refractivity contribution is -0.0847. The number of hydrogen-bond donors (Lipinski definition) is 0. The minimum Gasteiger partial charge on any atom is -0.378 e. The van der Waals surface area contributed by atoms with Gasteiger partial charge in [0.25, 0.3) is 0 Å². The summed E-state index contributed by atoms with van der Waals surface area (Å²) in [6, 6.07) is 1.86. The van der Waals surface area contributed by atoms with E-state index in [2.05, 4.69) is 37.1 Å². The van der Waals surface area contributed by atoms with Crippen molar-refractivity contribution in [3.05, 3.63) is 34.5 Å². The number of morpholine rings is 1. The molecule has 2 aromatic rings. The van der Waals surface area contributed by atoms with Crippen LogP contribution in [0.2, 0.25) is 0 Å². The molecule has 0 saturated carbocycles. The summed E-state index contributed by atoms with van der Waals surface area (Å²) in [5, 5.41) is 3.33. The molecule has 6 nitrogen and oxygen atoms in total. The number of thiazole rings is 1. The third kappa shape index (κ3) is 3.16. The van der Waals surface area contributed by atoms with Crippen LogP contribution in [-0.4, -0.2) is 58.2 Å². The van der Waals surface area contributed by atoms with Crippen LogP contribution < -0.4 is 4.90 Å². The Kier molecular flexibility index (Phi) is 4.47. The number of hydrogen-bond acceptors (Lipinski definition) is 7. The molecule has 0 atom stereocenters. The summed E-state index contributed by atoms with van der Waals surface area (Å²) >= 11 is 1.73. The minimum absolute atomic E-state index is 0.126. The zero-order valence-corrected chi connectivity index (χ0v) is 14.8. The first-order valence-electron chi connectivity index (χ1n) is 8.51. The summed E-state index contributed by atoms with van der Waals surface area (Å²) in [5.74, 6) is 0.839. The molecule has 2 aliphatic heterocycles. The fourth-order valence-electron chi connectivity index (χ4n) is 3.73. The molecule has 0 bridgehead atoms. The predicted octanol–water partition coefficient (Wildman–Crippen LogP) is 2.11. The van der Waals surface area contributed by atoms with Crippen molar-refractivity contribution < 1.29 is 4.74 Å². The van der Waals surface area contributed by atoms with Crippen molar-refractivity contribution in [2.75, 3.05) is 37.7 Å². The van der Waals surface area contributed by atoms with Gasteiger partial charge < -0.3 is 9.64 Å². The maximum atomic E-state index is 5.87. The van der Waals surface area contributed by atoms with E-state index in [0.717, 1.165) is 63.2 Å². The molecular formula is C17H23N5OS. The molecule has 0 aliphatic carbocycles. The Hall–Kier alpha value is -1.57. The van der Waals surface area contributed by atoms with E-state index in [1.54, 1.807) is 11.3 Å². The first kappa shape index (κ1) is 15.9. The molecule has 2 aromatic heterocycles. The summed E-state index contributed by atoms with van der Waals surface area (Å²) in [5.41, 5.74) is 1.31. The highest BCUT2D eigenvalue weighted by Gasteiger charge is 2.42. The minimum atomic E-state index is 0.126. The van der Waals surface area contributed by atoms with Crippen LogP contribution in [0.1, 0.15) is 23.5 Å². The van der Waals surface area contributed by atoms with Gasteiger partial charge in [-0.3, -0.25) is 4.90 Å². The second-order valence-electron chi connectivity index (χ2n) is 6.59. The Balaban J connectivity index is 1.46. The maximum absolute atomic E-state index is 5.87. The molecule has 128 valence electrons. The Morgan fingerprint density at radius 1 is 1.21 bits per heavy atom. The lowest BCUT2D eigenvalue weighted by Crippen LogP contribution is -2.61. The Bertz CT molecular complexity index is 669. The third-order valence-electron chi connectivity index (χ3n) is 5.10. The summed E-state index contributed by atoms with van der Waals surface area (Å²) in [7, 11) is 0. The van der Waals surface area contributed by atoms with Crippen molar-refractivity contribution in [1.82, 2.24) is 19.9 Å². The van der Waals surface area contributed by atoms with Crippen LogP contribution in [0.4, 0.5) is 5.95 Å². The highest BCUT2D eigenvalue weighted by atomic mass is 32.1. The smallest absolute Gasteiger partial charge is 0.225 e. The van der Waals surface area contributed by atoms with Gasteiger partial charge in [0.1, 0.15) is 0 Å². The average molecular weight is 345 g/mol.